The van der Waals surface area contributed by atoms with Gasteiger partial charge < -0.3 is 15.2 Å². The molecule has 0 aliphatic heterocycles. The number of carbonyl (C=O) groups is 2. The third-order valence-corrected chi connectivity index (χ3v) is 3.59. The molecule has 1 fully saturated rings. The molecule has 21 heavy (non-hydrogen) atoms. The van der Waals surface area contributed by atoms with Gasteiger partial charge in [0.15, 0.2) is 6.10 Å². The zero-order valence-corrected chi connectivity index (χ0v) is 13.1. The lowest BCUT2D eigenvalue weighted by molar-refractivity contribution is -0.131. The number of ether oxygens (including phenoxy) is 1. The Balaban J connectivity index is 1.99. The molecule has 2 rings (SSSR count). The number of nitrogens with one attached hydrogen (secondary N) is 1. The Bertz CT molecular complexity index is 581. The van der Waals surface area contributed by atoms with E-state index >= 15 is 0 Å². The Morgan fingerprint density at radius 3 is 2.76 bits per heavy atom. The second-order valence-corrected chi connectivity index (χ2v) is 5.76. The molecule has 1 aromatic rings. The molecule has 0 bridgehead atoms. The van der Waals surface area contributed by atoms with Crippen LogP contribution in [0, 0.1) is 0 Å². The van der Waals surface area contributed by atoms with Crippen molar-refractivity contribution in [3.63, 3.8) is 0 Å². The standard InChI is InChI=1S/C15H16BrNO4/c1-9(15(20)17-11-4-5-11)21-13-6-2-10(8-12(13)16)3-7-14(18)19/h2-3,6-9,11H,4-5H2,1H3,(H,17,20)(H,18,19). The highest BCUT2D eigenvalue weighted by Gasteiger charge is 2.26. The number of halogens is 1. The quantitative estimate of drug-likeness (QED) is 0.770. The molecule has 0 aromatic heterocycles. The molecule has 0 radical (unpaired) electrons. The fourth-order valence-electron chi connectivity index (χ4n) is 1.67. The average molecular weight is 354 g/mol. The number of carbonyl (C=O) groups excluding carboxylic acids is 1. The molecule has 112 valence electrons. The van der Waals surface area contributed by atoms with Crippen molar-refractivity contribution in [1.82, 2.24) is 5.32 Å². The van der Waals surface area contributed by atoms with Crippen LogP contribution in [0.3, 0.4) is 0 Å². The van der Waals surface area contributed by atoms with E-state index in [4.69, 9.17) is 9.84 Å². The van der Waals surface area contributed by atoms with E-state index in [1.165, 1.54) is 6.08 Å². The van der Waals surface area contributed by atoms with Crippen molar-refractivity contribution in [3.05, 3.63) is 34.3 Å². The maximum absolute atomic E-state index is 11.8. The molecule has 1 aliphatic rings. The third-order valence-electron chi connectivity index (χ3n) is 2.97. The number of benzene rings is 1. The second-order valence-electron chi connectivity index (χ2n) is 4.90. The van der Waals surface area contributed by atoms with Gasteiger partial charge in [0.2, 0.25) is 0 Å². The van der Waals surface area contributed by atoms with Crippen LogP contribution >= 0.6 is 15.9 Å². The topological polar surface area (TPSA) is 75.6 Å². The molecule has 1 aliphatic carbocycles. The maximum Gasteiger partial charge on any atom is 0.328 e. The zero-order valence-electron chi connectivity index (χ0n) is 11.5. The largest absolute Gasteiger partial charge is 0.480 e. The van der Waals surface area contributed by atoms with Crippen molar-refractivity contribution in [2.45, 2.75) is 31.9 Å². The first-order chi connectivity index (χ1) is 9.95. The SMILES string of the molecule is CC(Oc1ccc(C=CC(=O)O)cc1Br)C(=O)NC1CC1. The van der Waals surface area contributed by atoms with Crippen LogP contribution in [0.1, 0.15) is 25.3 Å². The molecule has 6 heteroatoms. The highest BCUT2D eigenvalue weighted by Crippen LogP contribution is 2.27. The van der Waals surface area contributed by atoms with Crippen molar-refractivity contribution in [2.75, 3.05) is 0 Å². The monoisotopic (exact) mass is 353 g/mol. The maximum atomic E-state index is 11.8. The minimum Gasteiger partial charge on any atom is -0.480 e. The summed E-state index contributed by atoms with van der Waals surface area (Å²) in [4.78, 5) is 22.3. The Labute approximate surface area is 131 Å². The number of aliphatic carboxylic acids is 1. The van der Waals surface area contributed by atoms with E-state index in [1.807, 2.05) is 0 Å². The molecule has 0 saturated heterocycles. The van der Waals surface area contributed by atoms with Crippen molar-refractivity contribution in [3.8, 4) is 5.75 Å². The van der Waals surface area contributed by atoms with E-state index in [1.54, 1.807) is 25.1 Å². The lowest BCUT2D eigenvalue weighted by Gasteiger charge is -2.15. The van der Waals surface area contributed by atoms with Gasteiger partial charge in [-0.1, -0.05) is 6.07 Å². The number of hydrogen-bond acceptors (Lipinski definition) is 3. The molecule has 1 amide bonds. The lowest BCUT2D eigenvalue weighted by atomic mass is 10.2. The van der Waals surface area contributed by atoms with E-state index in [0.29, 0.717) is 16.3 Å². The predicted molar refractivity (Wildman–Crippen MR) is 82.1 cm³/mol. The van der Waals surface area contributed by atoms with Gasteiger partial charge in [0.1, 0.15) is 5.75 Å². The molecular weight excluding hydrogens is 338 g/mol. The number of carboxylic acids is 1. The number of carboxylic acid groups (broad SMARTS) is 1. The Morgan fingerprint density at radius 2 is 2.19 bits per heavy atom. The highest BCUT2D eigenvalue weighted by molar-refractivity contribution is 9.10. The van der Waals surface area contributed by atoms with Crippen molar-refractivity contribution < 1.29 is 19.4 Å². The first kappa shape index (κ1) is 15.6. The predicted octanol–water partition coefficient (Wildman–Crippen LogP) is 2.59. The van der Waals surface area contributed by atoms with E-state index in [9.17, 15) is 9.59 Å². The van der Waals surface area contributed by atoms with Gasteiger partial charge in [0, 0.05) is 12.1 Å². The van der Waals surface area contributed by atoms with Crippen LogP contribution < -0.4 is 10.1 Å². The van der Waals surface area contributed by atoms with Gasteiger partial charge in [0.25, 0.3) is 5.91 Å². The van der Waals surface area contributed by atoms with Crippen LogP contribution in [0.25, 0.3) is 6.08 Å². The van der Waals surface area contributed by atoms with Crippen LogP contribution in [0.4, 0.5) is 0 Å². The first-order valence-corrected chi connectivity index (χ1v) is 7.42. The summed E-state index contributed by atoms with van der Waals surface area (Å²) in [6.45, 7) is 1.70. The van der Waals surface area contributed by atoms with Gasteiger partial charge in [-0.3, -0.25) is 4.79 Å². The molecule has 0 heterocycles. The van der Waals surface area contributed by atoms with Gasteiger partial charge in [-0.05, 0) is 59.5 Å². The second kappa shape index (κ2) is 6.76. The van der Waals surface area contributed by atoms with Crippen LogP contribution in [0.15, 0.2) is 28.7 Å². The minimum atomic E-state index is -1.00. The molecule has 1 atom stereocenters. The lowest BCUT2D eigenvalue weighted by Crippen LogP contribution is -2.37. The Hall–Kier alpha value is -1.82. The van der Waals surface area contributed by atoms with E-state index in [0.717, 1.165) is 24.5 Å². The van der Waals surface area contributed by atoms with Crippen molar-refractivity contribution in [1.29, 1.82) is 0 Å². The molecule has 1 unspecified atom stereocenters. The summed E-state index contributed by atoms with van der Waals surface area (Å²) in [7, 11) is 0. The van der Waals surface area contributed by atoms with Gasteiger partial charge in [-0.25, -0.2) is 4.79 Å². The van der Waals surface area contributed by atoms with Crippen LogP contribution in [0.5, 0.6) is 5.75 Å². The average Bonchev–Trinajstić information content (AvgIpc) is 3.22. The summed E-state index contributed by atoms with van der Waals surface area (Å²) < 4.78 is 6.28. The highest BCUT2D eigenvalue weighted by atomic mass is 79.9. The van der Waals surface area contributed by atoms with Gasteiger partial charge in [-0.15, -0.1) is 0 Å². The summed E-state index contributed by atoms with van der Waals surface area (Å²) in [6, 6.07) is 5.47. The van der Waals surface area contributed by atoms with Gasteiger partial charge in [-0.2, -0.15) is 0 Å². The summed E-state index contributed by atoms with van der Waals surface area (Å²) in [5.41, 5.74) is 0.728. The number of hydrogen-bond donors (Lipinski definition) is 2. The van der Waals surface area contributed by atoms with E-state index in [2.05, 4.69) is 21.2 Å². The zero-order chi connectivity index (χ0) is 15.4. The number of rotatable bonds is 6. The molecule has 1 saturated carbocycles. The van der Waals surface area contributed by atoms with E-state index < -0.39 is 12.1 Å². The smallest absolute Gasteiger partial charge is 0.328 e. The minimum absolute atomic E-state index is 0.126. The normalized spacial score (nSPS) is 15.7. The molecule has 5 nitrogen and oxygen atoms in total. The summed E-state index contributed by atoms with van der Waals surface area (Å²) in [5.74, 6) is -0.586. The van der Waals surface area contributed by atoms with Gasteiger partial charge in [0.05, 0.1) is 4.47 Å². The Morgan fingerprint density at radius 1 is 1.48 bits per heavy atom. The first-order valence-electron chi connectivity index (χ1n) is 6.63. The Kier molecular flexibility index (Phi) is 5.01. The van der Waals surface area contributed by atoms with Crippen LogP contribution in [0.2, 0.25) is 0 Å². The van der Waals surface area contributed by atoms with E-state index in [-0.39, 0.29) is 5.91 Å². The van der Waals surface area contributed by atoms with Crippen molar-refractivity contribution in [2.24, 2.45) is 0 Å². The van der Waals surface area contributed by atoms with Crippen LogP contribution in [-0.4, -0.2) is 29.1 Å². The van der Waals surface area contributed by atoms with Crippen LogP contribution in [-0.2, 0) is 9.59 Å². The summed E-state index contributed by atoms with van der Waals surface area (Å²) in [6.07, 6.45) is 4.04. The molecular formula is C15H16BrNO4. The van der Waals surface area contributed by atoms with Gasteiger partial charge >= 0.3 is 5.97 Å². The van der Waals surface area contributed by atoms with Crippen molar-refractivity contribution >= 4 is 33.9 Å². The fraction of sp³-hybridized carbons (Fsp3) is 0.333. The number of amides is 1. The molecule has 0 spiro atoms. The summed E-state index contributed by atoms with van der Waals surface area (Å²) >= 11 is 3.36. The molecule has 2 N–H and O–H groups in total. The summed E-state index contributed by atoms with van der Waals surface area (Å²) in [5, 5.41) is 11.5. The fourth-order valence-corrected chi connectivity index (χ4v) is 2.16. The molecule has 1 aromatic carbocycles. The third kappa shape index (κ3) is 4.90.